The molecule has 0 radical (unpaired) electrons. The first-order valence-electron chi connectivity index (χ1n) is 9.33. The molecule has 0 saturated carbocycles. The van der Waals surface area contributed by atoms with E-state index in [-0.39, 0.29) is 22.6 Å². The molecule has 1 unspecified atom stereocenters. The molecular weight excluding hydrogens is 414 g/mol. The molecule has 0 aromatic heterocycles. The van der Waals surface area contributed by atoms with E-state index in [1.165, 1.54) is 23.7 Å². The van der Waals surface area contributed by atoms with Crippen molar-refractivity contribution < 1.29 is 9.90 Å². The Labute approximate surface area is 181 Å². The summed E-state index contributed by atoms with van der Waals surface area (Å²) >= 11 is 9.08. The molecule has 1 aliphatic rings. The third-order valence-electron chi connectivity index (χ3n) is 4.36. The highest BCUT2D eigenvalue weighted by Crippen LogP contribution is 2.41. The van der Waals surface area contributed by atoms with Crippen LogP contribution in [0.4, 0.5) is 10.5 Å². The zero-order valence-electron chi connectivity index (χ0n) is 17.4. The van der Waals surface area contributed by atoms with Crippen LogP contribution in [0.2, 0.25) is 5.02 Å². The predicted molar refractivity (Wildman–Crippen MR) is 123 cm³/mol. The number of urea groups is 1. The lowest BCUT2D eigenvalue weighted by Gasteiger charge is -2.21. The number of rotatable bonds is 6. The van der Waals surface area contributed by atoms with Crippen molar-refractivity contribution in [2.75, 3.05) is 5.32 Å². The van der Waals surface area contributed by atoms with Crippen molar-refractivity contribution in [3.63, 3.8) is 0 Å². The minimum Gasteiger partial charge on any atom is -0.385 e. The van der Waals surface area contributed by atoms with Crippen LogP contribution in [0.25, 0.3) is 0 Å². The summed E-state index contributed by atoms with van der Waals surface area (Å²) < 4.78 is 2.76. The molecule has 28 heavy (non-hydrogen) atoms. The minimum atomic E-state index is -0.902. The maximum Gasteiger partial charge on any atom is 0.329 e. The Morgan fingerprint density at radius 3 is 2.21 bits per heavy atom. The Kier molecular flexibility index (Phi) is 7.64. The van der Waals surface area contributed by atoms with Gasteiger partial charge in [-0.05, 0) is 67.8 Å². The summed E-state index contributed by atoms with van der Waals surface area (Å²) in [7, 11) is 0. The van der Waals surface area contributed by atoms with Crippen LogP contribution in [0.5, 0.6) is 0 Å². The highest BCUT2D eigenvalue weighted by Gasteiger charge is 2.32. The van der Waals surface area contributed by atoms with Crippen LogP contribution in [0.1, 0.15) is 71.4 Å². The van der Waals surface area contributed by atoms with Gasteiger partial charge in [-0.15, -0.1) is 0 Å². The van der Waals surface area contributed by atoms with Crippen molar-refractivity contribution in [1.82, 2.24) is 10.0 Å². The first kappa shape index (κ1) is 23.3. The highest BCUT2D eigenvalue weighted by atomic mass is 35.5. The van der Waals surface area contributed by atoms with E-state index in [1.54, 1.807) is 13.8 Å². The van der Waals surface area contributed by atoms with Crippen molar-refractivity contribution in [3.8, 4) is 0 Å². The second-order valence-corrected chi connectivity index (χ2v) is 10.8. The van der Waals surface area contributed by atoms with Gasteiger partial charge in [0.2, 0.25) is 0 Å². The lowest BCUT2D eigenvalue weighted by atomic mass is 9.92. The molecule has 0 aliphatic carbocycles. The van der Waals surface area contributed by atoms with E-state index in [1.807, 2.05) is 19.1 Å². The van der Waals surface area contributed by atoms with Crippen LogP contribution in [0.3, 0.4) is 0 Å². The Hall–Kier alpha value is -1.02. The molecule has 1 heterocycles. The Morgan fingerprint density at radius 1 is 1.25 bits per heavy atom. The lowest BCUT2D eigenvalue weighted by Crippen LogP contribution is -2.29. The van der Waals surface area contributed by atoms with Crippen molar-refractivity contribution in [2.24, 2.45) is 0 Å². The zero-order chi connectivity index (χ0) is 21.2. The average Bonchev–Trinajstić information content (AvgIpc) is 2.95. The largest absolute Gasteiger partial charge is 0.385 e. The molecule has 5 nitrogen and oxygen atoms in total. The van der Waals surface area contributed by atoms with Crippen LogP contribution in [-0.4, -0.2) is 21.4 Å². The van der Waals surface area contributed by atoms with Crippen molar-refractivity contribution in [1.29, 1.82) is 0 Å². The van der Waals surface area contributed by atoms with Crippen LogP contribution in [-0.2, 0) is 0 Å². The van der Waals surface area contributed by atoms with Crippen LogP contribution in [0.15, 0.2) is 22.7 Å². The first-order chi connectivity index (χ1) is 12.9. The summed E-state index contributed by atoms with van der Waals surface area (Å²) in [5.41, 5.74) is 2.89. The summed E-state index contributed by atoms with van der Waals surface area (Å²) in [5.74, 6) is 0.458. The van der Waals surface area contributed by atoms with E-state index < -0.39 is 5.60 Å². The Balaban J connectivity index is 2.07. The van der Waals surface area contributed by atoms with E-state index >= 15 is 0 Å². The Bertz CT molecular complexity index is 744. The van der Waals surface area contributed by atoms with Gasteiger partial charge in [0.15, 0.2) is 0 Å². The number of amides is 2. The van der Waals surface area contributed by atoms with E-state index in [4.69, 9.17) is 11.6 Å². The predicted octanol–water partition coefficient (Wildman–Crippen LogP) is 5.98. The summed E-state index contributed by atoms with van der Waals surface area (Å²) in [4.78, 5) is 13.5. The van der Waals surface area contributed by atoms with E-state index in [2.05, 4.69) is 43.1 Å². The van der Waals surface area contributed by atoms with Gasteiger partial charge in [-0.1, -0.05) is 51.1 Å². The van der Waals surface area contributed by atoms with Gasteiger partial charge in [-0.2, -0.15) is 0 Å². The fraction of sp³-hybridized carbons (Fsp3) is 0.550. The number of anilines is 1. The van der Waals surface area contributed by atoms with Crippen LogP contribution in [0, 0.1) is 0 Å². The fourth-order valence-corrected chi connectivity index (χ4v) is 5.41. The molecule has 1 atom stereocenters. The van der Waals surface area contributed by atoms with Gasteiger partial charge in [0.1, 0.15) is 4.71 Å². The van der Waals surface area contributed by atoms with Crippen LogP contribution < -0.4 is 15.4 Å². The quantitative estimate of drug-likeness (QED) is 0.407. The minimum absolute atomic E-state index is 0.0912. The molecule has 2 rings (SSSR count). The topological polar surface area (TPSA) is 73.4 Å². The number of thioether (sulfide) groups is 1. The van der Waals surface area contributed by atoms with Crippen molar-refractivity contribution in [3.05, 3.63) is 38.9 Å². The number of hydrogen-bond donors (Lipinski definition) is 4. The first-order valence-corrected chi connectivity index (χ1v) is 11.5. The smallest absolute Gasteiger partial charge is 0.329 e. The number of aliphatic hydroxyl groups is 1. The number of allylic oxidation sites excluding steroid dienone is 1. The van der Waals surface area contributed by atoms with Crippen molar-refractivity contribution >= 4 is 47.0 Å². The van der Waals surface area contributed by atoms with E-state index in [0.717, 1.165) is 27.4 Å². The molecule has 1 aliphatic heterocycles. The molecule has 8 heteroatoms. The standard InChI is InChI=1S/C20H30ClN3O2S2/c1-10(2)14-8-13(21)9-15(11(3)4)16(14)23-18(25)24-28-19-22-12(5)17(27-19)20(6,7)26/h8-11,19,22,26H,1-7H3,(H2,23,24,25). The Morgan fingerprint density at radius 2 is 1.79 bits per heavy atom. The van der Waals surface area contributed by atoms with Gasteiger partial charge in [0.25, 0.3) is 0 Å². The number of carbonyl (C=O) groups is 1. The second kappa shape index (κ2) is 9.20. The molecule has 1 aromatic carbocycles. The van der Waals surface area contributed by atoms with Gasteiger partial charge in [0, 0.05) is 21.3 Å². The summed E-state index contributed by atoms with van der Waals surface area (Å²) in [6.07, 6.45) is 0. The molecule has 1 aromatic rings. The molecule has 4 N–H and O–H groups in total. The summed E-state index contributed by atoms with van der Waals surface area (Å²) in [5, 5.41) is 17.2. The summed E-state index contributed by atoms with van der Waals surface area (Å²) in [6, 6.07) is 3.55. The van der Waals surface area contributed by atoms with E-state index in [9.17, 15) is 9.90 Å². The third-order valence-corrected chi connectivity index (χ3v) is 7.16. The number of benzene rings is 1. The number of hydrogen-bond acceptors (Lipinski definition) is 5. The molecular formula is C20H30ClN3O2S2. The highest BCUT2D eigenvalue weighted by molar-refractivity contribution is 8.18. The van der Waals surface area contributed by atoms with Gasteiger partial charge < -0.3 is 15.7 Å². The zero-order valence-corrected chi connectivity index (χ0v) is 19.8. The lowest BCUT2D eigenvalue weighted by molar-refractivity contribution is 0.128. The molecule has 0 spiro atoms. The summed E-state index contributed by atoms with van der Waals surface area (Å²) in [6.45, 7) is 13.8. The molecule has 2 amide bonds. The fourth-order valence-electron chi connectivity index (χ4n) is 3.07. The van der Waals surface area contributed by atoms with Crippen LogP contribution >= 0.6 is 35.3 Å². The van der Waals surface area contributed by atoms with Crippen molar-refractivity contribution in [2.45, 2.75) is 70.6 Å². The van der Waals surface area contributed by atoms with Gasteiger partial charge in [-0.3, -0.25) is 4.72 Å². The van der Waals surface area contributed by atoms with Gasteiger partial charge >= 0.3 is 6.03 Å². The maximum atomic E-state index is 12.6. The van der Waals surface area contributed by atoms with Gasteiger partial charge in [-0.25, -0.2) is 4.79 Å². The normalized spacial score (nSPS) is 17.3. The third kappa shape index (κ3) is 5.75. The number of halogens is 1. The number of nitrogens with one attached hydrogen (secondary N) is 3. The molecule has 0 fully saturated rings. The monoisotopic (exact) mass is 443 g/mol. The maximum absolute atomic E-state index is 12.6. The van der Waals surface area contributed by atoms with E-state index in [0.29, 0.717) is 5.02 Å². The number of carbonyl (C=O) groups excluding carboxylic acids is 1. The van der Waals surface area contributed by atoms with Gasteiger partial charge in [0.05, 0.1) is 5.60 Å². The second-order valence-electron chi connectivity index (χ2n) is 8.05. The SMILES string of the molecule is CC1=C(C(C)(C)O)SC(SNC(=O)Nc2c(C(C)C)cc(Cl)cc2C(C)C)N1. The molecule has 0 bridgehead atoms. The average molecular weight is 444 g/mol. The molecule has 156 valence electrons. The molecule has 0 saturated heterocycles.